The molecule has 4 N–H and O–H groups in total. The van der Waals surface area contributed by atoms with Gasteiger partial charge in [0, 0.05) is 11.4 Å². The largest absolute Gasteiger partial charge is 0.466 e. The quantitative estimate of drug-likeness (QED) is 0.513. The van der Waals surface area contributed by atoms with Crippen LogP contribution in [0.5, 0.6) is 0 Å². The summed E-state index contributed by atoms with van der Waals surface area (Å²) in [5.41, 5.74) is 0.991. The third-order valence-corrected chi connectivity index (χ3v) is 3.93. The van der Waals surface area contributed by atoms with E-state index in [0.717, 1.165) is 36.2 Å². The van der Waals surface area contributed by atoms with E-state index in [2.05, 4.69) is 47.0 Å². The molecule has 0 saturated heterocycles. The average molecular weight is 384 g/mol. The molecule has 0 spiro atoms. The molecule has 0 aliphatic rings. The minimum atomic E-state index is -4.64. The number of hydrogen-bond donors (Lipinski definition) is 4. The third-order valence-electron chi connectivity index (χ3n) is 3.93. The molecule has 8 nitrogen and oxygen atoms in total. The Morgan fingerprint density at radius 3 is 2.38 bits per heavy atom. The first-order valence-corrected chi connectivity index (χ1v) is 10.3. The summed E-state index contributed by atoms with van der Waals surface area (Å²) in [6.07, 6.45) is 3.99. The number of phosphoric acid groups is 1. The predicted molar refractivity (Wildman–Crippen MR) is 104 cm³/mol. The molecular weight excluding hydrogens is 355 g/mol. The van der Waals surface area contributed by atoms with Gasteiger partial charge in [-0.05, 0) is 51.5 Å². The van der Waals surface area contributed by atoms with Gasteiger partial charge in [-0.1, -0.05) is 26.0 Å². The molecule has 2 aromatic rings. The lowest BCUT2D eigenvalue weighted by atomic mass is 10.1. The van der Waals surface area contributed by atoms with Crippen molar-refractivity contribution in [2.75, 3.05) is 25.0 Å². The van der Waals surface area contributed by atoms with Gasteiger partial charge in [-0.15, -0.1) is 0 Å². The maximum absolute atomic E-state index is 8.88. The number of nitrogens with zero attached hydrogens (tertiary/aromatic N) is 3. The van der Waals surface area contributed by atoms with E-state index in [9.17, 15) is 0 Å². The van der Waals surface area contributed by atoms with Crippen LogP contribution in [0.1, 0.15) is 33.6 Å². The Labute approximate surface area is 154 Å². The molecule has 1 aromatic heterocycles. The number of rotatable bonds is 8. The molecule has 9 heteroatoms. The molecular formula is C17H29N4O4P. The van der Waals surface area contributed by atoms with E-state index in [4.69, 9.17) is 19.2 Å². The van der Waals surface area contributed by atoms with E-state index >= 15 is 0 Å². The van der Waals surface area contributed by atoms with Gasteiger partial charge in [-0.2, -0.15) is 0 Å². The van der Waals surface area contributed by atoms with Crippen LogP contribution in [-0.4, -0.2) is 55.2 Å². The molecule has 2 rings (SSSR count). The fourth-order valence-electron chi connectivity index (χ4n) is 2.59. The van der Waals surface area contributed by atoms with Gasteiger partial charge in [0.2, 0.25) is 0 Å². The standard InChI is InChI=1S/C17H26N4.H3O4P/c1-4-21(5-2)12-8-9-14(3)20-17-15-10-6-7-11-16(15)18-13-19-17;1-5(2,3)4/h6-7,10-11,13-14H,4-5,8-9,12H2,1-3H3,(H,18,19,20);(H3,1,2,3,4). The normalized spacial score (nSPS) is 12.6. The third kappa shape index (κ3) is 9.22. The number of para-hydroxylation sites is 1. The van der Waals surface area contributed by atoms with Crippen LogP contribution < -0.4 is 5.32 Å². The second-order valence-electron chi connectivity index (χ2n) is 5.97. The molecule has 1 atom stereocenters. The van der Waals surface area contributed by atoms with Crippen LogP contribution in [-0.2, 0) is 4.57 Å². The maximum Gasteiger partial charge on any atom is 0.466 e. The Hall–Kier alpha value is -1.57. The van der Waals surface area contributed by atoms with Gasteiger partial charge < -0.3 is 24.9 Å². The van der Waals surface area contributed by atoms with E-state index in [1.54, 1.807) is 6.33 Å². The van der Waals surface area contributed by atoms with Crippen molar-refractivity contribution in [2.45, 2.75) is 39.7 Å². The number of anilines is 1. The van der Waals surface area contributed by atoms with Crippen molar-refractivity contribution >= 4 is 24.5 Å². The van der Waals surface area contributed by atoms with E-state index < -0.39 is 7.82 Å². The summed E-state index contributed by atoms with van der Waals surface area (Å²) in [5, 5.41) is 4.62. The smallest absolute Gasteiger partial charge is 0.367 e. The fraction of sp³-hybridized carbons (Fsp3) is 0.529. The maximum atomic E-state index is 8.88. The first-order chi connectivity index (χ1) is 12.2. The molecule has 0 aliphatic heterocycles. The summed E-state index contributed by atoms with van der Waals surface area (Å²) in [4.78, 5) is 32.7. The van der Waals surface area contributed by atoms with Gasteiger partial charge in [0.25, 0.3) is 0 Å². The van der Waals surface area contributed by atoms with Crippen molar-refractivity contribution < 1.29 is 19.2 Å². The molecule has 0 bridgehead atoms. The van der Waals surface area contributed by atoms with Gasteiger partial charge in [-0.3, -0.25) is 0 Å². The van der Waals surface area contributed by atoms with Crippen LogP contribution in [0, 0.1) is 0 Å². The molecule has 26 heavy (non-hydrogen) atoms. The second kappa shape index (κ2) is 11.2. The number of aromatic nitrogens is 2. The Balaban J connectivity index is 0.000000597. The number of hydrogen-bond acceptors (Lipinski definition) is 5. The summed E-state index contributed by atoms with van der Waals surface area (Å²) in [6, 6.07) is 8.54. The summed E-state index contributed by atoms with van der Waals surface area (Å²) in [5.74, 6) is 0.941. The predicted octanol–water partition coefficient (Wildman–Crippen LogP) is 2.62. The van der Waals surface area contributed by atoms with Gasteiger partial charge in [-0.25, -0.2) is 14.5 Å². The van der Waals surface area contributed by atoms with Crippen LogP contribution in [0.3, 0.4) is 0 Å². The van der Waals surface area contributed by atoms with E-state index in [1.165, 1.54) is 13.0 Å². The molecule has 146 valence electrons. The van der Waals surface area contributed by atoms with Crippen molar-refractivity contribution in [3.05, 3.63) is 30.6 Å². The first-order valence-electron chi connectivity index (χ1n) is 8.71. The zero-order valence-electron chi connectivity index (χ0n) is 15.5. The molecule has 0 aliphatic carbocycles. The minimum Gasteiger partial charge on any atom is -0.367 e. The SMILES string of the molecule is CCN(CC)CCCC(C)Nc1ncnc2ccccc12.O=P(O)(O)O. The summed E-state index contributed by atoms with van der Waals surface area (Å²) in [6.45, 7) is 10.1. The molecule has 0 fully saturated rings. The minimum absolute atomic E-state index is 0.416. The highest BCUT2D eigenvalue weighted by Crippen LogP contribution is 2.25. The number of nitrogens with one attached hydrogen (secondary N) is 1. The van der Waals surface area contributed by atoms with Crippen LogP contribution >= 0.6 is 7.82 Å². The van der Waals surface area contributed by atoms with Crippen LogP contribution in [0.15, 0.2) is 30.6 Å². The van der Waals surface area contributed by atoms with Crippen molar-refractivity contribution in [1.29, 1.82) is 0 Å². The Morgan fingerprint density at radius 1 is 1.15 bits per heavy atom. The molecule has 1 aromatic carbocycles. The zero-order valence-corrected chi connectivity index (χ0v) is 16.4. The van der Waals surface area contributed by atoms with Crippen molar-refractivity contribution in [2.24, 2.45) is 0 Å². The monoisotopic (exact) mass is 384 g/mol. The number of fused-ring (bicyclic) bond motifs is 1. The van der Waals surface area contributed by atoms with Crippen molar-refractivity contribution in [3.8, 4) is 0 Å². The summed E-state index contributed by atoms with van der Waals surface area (Å²) in [7, 11) is -4.64. The molecule has 1 heterocycles. The summed E-state index contributed by atoms with van der Waals surface area (Å²) < 4.78 is 8.88. The van der Waals surface area contributed by atoms with Crippen LogP contribution in [0.2, 0.25) is 0 Å². The number of benzene rings is 1. The topological polar surface area (TPSA) is 119 Å². The lowest BCUT2D eigenvalue weighted by molar-refractivity contribution is 0.275. The zero-order chi connectivity index (χ0) is 19.6. The highest BCUT2D eigenvalue weighted by Gasteiger charge is 2.08. The van der Waals surface area contributed by atoms with Gasteiger partial charge >= 0.3 is 7.82 Å². The average Bonchev–Trinajstić information content (AvgIpc) is 2.58. The summed E-state index contributed by atoms with van der Waals surface area (Å²) >= 11 is 0. The lowest BCUT2D eigenvalue weighted by Crippen LogP contribution is -2.25. The van der Waals surface area contributed by atoms with Gasteiger partial charge in [0.1, 0.15) is 12.1 Å². The highest BCUT2D eigenvalue weighted by molar-refractivity contribution is 7.45. The second-order valence-corrected chi connectivity index (χ2v) is 6.99. The van der Waals surface area contributed by atoms with Crippen LogP contribution in [0.4, 0.5) is 5.82 Å². The molecule has 0 radical (unpaired) electrons. The van der Waals surface area contributed by atoms with E-state index in [-0.39, 0.29) is 0 Å². The highest BCUT2D eigenvalue weighted by atomic mass is 31.2. The van der Waals surface area contributed by atoms with Crippen molar-refractivity contribution in [3.63, 3.8) is 0 Å². The van der Waals surface area contributed by atoms with Crippen LogP contribution in [0.25, 0.3) is 10.9 Å². The molecule has 1 unspecified atom stereocenters. The molecule has 0 amide bonds. The van der Waals surface area contributed by atoms with E-state index in [1.807, 2.05) is 18.2 Å². The fourth-order valence-corrected chi connectivity index (χ4v) is 2.59. The van der Waals surface area contributed by atoms with Gasteiger partial charge in [0.05, 0.1) is 5.52 Å². The Morgan fingerprint density at radius 2 is 1.77 bits per heavy atom. The van der Waals surface area contributed by atoms with E-state index in [0.29, 0.717) is 6.04 Å². The first kappa shape index (κ1) is 22.5. The Bertz CT molecular complexity index is 692. The molecule has 0 saturated carbocycles. The Kier molecular flexibility index (Phi) is 9.69. The van der Waals surface area contributed by atoms with Crippen molar-refractivity contribution in [1.82, 2.24) is 14.9 Å². The van der Waals surface area contributed by atoms with Gasteiger partial charge in [0.15, 0.2) is 0 Å². The lowest BCUT2D eigenvalue weighted by Gasteiger charge is -2.20.